The summed E-state index contributed by atoms with van der Waals surface area (Å²) in [5.74, 6) is 1.35. The van der Waals surface area contributed by atoms with Gasteiger partial charge in [0.05, 0.1) is 0 Å². The summed E-state index contributed by atoms with van der Waals surface area (Å²) >= 11 is 5.71. The standard InChI is InChI=1S/C13H18BrNS/c14-13-7-2-1-5-11(13)9-15-10-12-6-3-4-8-16-12/h1-2,5,7,12,15H,3-4,6,8-10H2. The van der Waals surface area contributed by atoms with Gasteiger partial charge < -0.3 is 5.32 Å². The largest absolute Gasteiger partial charge is 0.312 e. The fraction of sp³-hybridized carbons (Fsp3) is 0.538. The fourth-order valence-corrected chi connectivity index (χ4v) is 3.68. The summed E-state index contributed by atoms with van der Waals surface area (Å²) in [6.07, 6.45) is 4.20. The number of rotatable bonds is 4. The highest BCUT2D eigenvalue weighted by Crippen LogP contribution is 2.24. The lowest BCUT2D eigenvalue weighted by Gasteiger charge is -2.21. The second kappa shape index (κ2) is 6.67. The molecule has 0 aromatic heterocycles. The Morgan fingerprint density at radius 2 is 2.19 bits per heavy atom. The maximum absolute atomic E-state index is 3.58. The molecule has 1 saturated heterocycles. The molecule has 0 bridgehead atoms. The van der Waals surface area contributed by atoms with Gasteiger partial charge in [0.2, 0.25) is 0 Å². The Hall–Kier alpha value is 0.01000. The monoisotopic (exact) mass is 299 g/mol. The summed E-state index contributed by atoms with van der Waals surface area (Å²) in [6, 6.07) is 8.43. The molecule has 16 heavy (non-hydrogen) atoms. The number of hydrogen-bond acceptors (Lipinski definition) is 2. The van der Waals surface area contributed by atoms with Crippen molar-refractivity contribution in [2.24, 2.45) is 0 Å². The van der Waals surface area contributed by atoms with Gasteiger partial charge >= 0.3 is 0 Å². The van der Waals surface area contributed by atoms with Gasteiger partial charge in [0.25, 0.3) is 0 Å². The summed E-state index contributed by atoms with van der Waals surface area (Å²) < 4.78 is 1.21. The van der Waals surface area contributed by atoms with Crippen molar-refractivity contribution in [1.82, 2.24) is 5.32 Å². The zero-order valence-corrected chi connectivity index (χ0v) is 11.8. The Bertz CT molecular complexity index is 323. The van der Waals surface area contributed by atoms with Crippen LogP contribution in [0.1, 0.15) is 24.8 Å². The molecule has 1 unspecified atom stereocenters. The van der Waals surface area contributed by atoms with Crippen molar-refractivity contribution in [3.05, 3.63) is 34.3 Å². The predicted molar refractivity (Wildman–Crippen MR) is 75.9 cm³/mol. The van der Waals surface area contributed by atoms with E-state index >= 15 is 0 Å². The first-order chi connectivity index (χ1) is 7.86. The van der Waals surface area contributed by atoms with Gasteiger partial charge in [-0.1, -0.05) is 40.5 Å². The predicted octanol–water partition coefficient (Wildman–Crippen LogP) is 3.82. The molecule has 1 aromatic rings. The van der Waals surface area contributed by atoms with Crippen molar-refractivity contribution in [3.63, 3.8) is 0 Å². The SMILES string of the molecule is Brc1ccccc1CNCC1CCCCS1. The second-order valence-corrected chi connectivity index (χ2v) is 6.47. The molecule has 0 aliphatic carbocycles. The summed E-state index contributed by atoms with van der Waals surface area (Å²) in [5.41, 5.74) is 1.35. The van der Waals surface area contributed by atoms with E-state index in [-0.39, 0.29) is 0 Å². The van der Waals surface area contributed by atoms with Gasteiger partial charge in [0.1, 0.15) is 0 Å². The molecule has 1 aromatic carbocycles. The minimum atomic E-state index is 0.830. The molecule has 1 nitrogen and oxygen atoms in total. The molecule has 2 rings (SSSR count). The van der Waals surface area contributed by atoms with Crippen molar-refractivity contribution in [1.29, 1.82) is 0 Å². The van der Waals surface area contributed by atoms with E-state index in [0.717, 1.165) is 18.3 Å². The third kappa shape index (κ3) is 3.79. The third-order valence-corrected chi connectivity index (χ3v) is 5.09. The minimum Gasteiger partial charge on any atom is -0.312 e. The Morgan fingerprint density at radius 3 is 2.94 bits per heavy atom. The van der Waals surface area contributed by atoms with Crippen LogP contribution in [0.2, 0.25) is 0 Å². The first-order valence-corrected chi connectivity index (χ1v) is 7.76. The molecule has 0 radical (unpaired) electrons. The van der Waals surface area contributed by atoms with Crippen LogP contribution in [-0.4, -0.2) is 17.5 Å². The number of benzene rings is 1. The summed E-state index contributed by atoms with van der Waals surface area (Å²) in [5, 5.41) is 4.39. The molecular weight excluding hydrogens is 282 g/mol. The number of nitrogens with one attached hydrogen (secondary N) is 1. The van der Waals surface area contributed by atoms with E-state index in [2.05, 4.69) is 57.3 Å². The van der Waals surface area contributed by atoms with Crippen molar-refractivity contribution in [3.8, 4) is 0 Å². The molecule has 1 atom stereocenters. The van der Waals surface area contributed by atoms with Crippen LogP contribution < -0.4 is 5.32 Å². The molecule has 88 valence electrons. The highest BCUT2D eigenvalue weighted by Gasteiger charge is 2.13. The zero-order valence-electron chi connectivity index (χ0n) is 9.42. The number of hydrogen-bond donors (Lipinski definition) is 1. The van der Waals surface area contributed by atoms with Gasteiger partial charge in [0.15, 0.2) is 0 Å². The van der Waals surface area contributed by atoms with Gasteiger partial charge in [-0.2, -0.15) is 11.8 Å². The maximum atomic E-state index is 3.58. The van der Waals surface area contributed by atoms with Crippen molar-refractivity contribution >= 4 is 27.7 Å². The number of thioether (sulfide) groups is 1. The van der Waals surface area contributed by atoms with E-state index in [0.29, 0.717) is 0 Å². The van der Waals surface area contributed by atoms with Crippen LogP contribution in [0.15, 0.2) is 28.7 Å². The molecule has 1 heterocycles. The van der Waals surface area contributed by atoms with Crippen molar-refractivity contribution in [2.75, 3.05) is 12.3 Å². The van der Waals surface area contributed by atoms with E-state index < -0.39 is 0 Å². The van der Waals surface area contributed by atoms with E-state index in [1.165, 1.54) is 35.1 Å². The fourth-order valence-electron chi connectivity index (χ4n) is 1.98. The van der Waals surface area contributed by atoms with Crippen LogP contribution in [0.5, 0.6) is 0 Å². The first kappa shape index (κ1) is 12.5. The maximum Gasteiger partial charge on any atom is 0.0220 e. The van der Waals surface area contributed by atoms with Crippen molar-refractivity contribution in [2.45, 2.75) is 31.1 Å². The topological polar surface area (TPSA) is 12.0 Å². The average Bonchev–Trinajstić information content (AvgIpc) is 2.33. The lowest BCUT2D eigenvalue weighted by atomic mass is 10.2. The van der Waals surface area contributed by atoms with E-state index in [1.54, 1.807) is 0 Å². The van der Waals surface area contributed by atoms with Crippen LogP contribution >= 0.6 is 27.7 Å². The van der Waals surface area contributed by atoms with E-state index in [1.807, 2.05) is 0 Å². The van der Waals surface area contributed by atoms with E-state index in [4.69, 9.17) is 0 Å². The zero-order chi connectivity index (χ0) is 11.2. The molecule has 1 fully saturated rings. The smallest absolute Gasteiger partial charge is 0.0220 e. The molecule has 1 N–H and O–H groups in total. The minimum absolute atomic E-state index is 0.830. The normalized spacial score (nSPS) is 20.9. The molecule has 1 aliphatic heterocycles. The highest BCUT2D eigenvalue weighted by molar-refractivity contribution is 9.10. The van der Waals surface area contributed by atoms with Crippen LogP contribution in [-0.2, 0) is 6.54 Å². The van der Waals surface area contributed by atoms with Gasteiger partial charge in [-0.15, -0.1) is 0 Å². The van der Waals surface area contributed by atoms with Crippen LogP contribution in [0.3, 0.4) is 0 Å². The average molecular weight is 300 g/mol. The van der Waals surface area contributed by atoms with Gasteiger partial charge in [-0.3, -0.25) is 0 Å². The summed E-state index contributed by atoms with van der Waals surface area (Å²) in [7, 11) is 0. The Kier molecular flexibility index (Phi) is 5.20. The van der Waals surface area contributed by atoms with Gasteiger partial charge in [0, 0.05) is 22.8 Å². The second-order valence-electron chi connectivity index (χ2n) is 4.21. The van der Waals surface area contributed by atoms with E-state index in [9.17, 15) is 0 Å². The molecule has 0 saturated carbocycles. The lowest BCUT2D eigenvalue weighted by Crippen LogP contribution is -2.26. The Balaban J connectivity index is 1.73. The lowest BCUT2D eigenvalue weighted by molar-refractivity contribution is 0.597. The van der Waals surface area contributed by atoms with Crippen LogP contribution in [0.25, 0.3) is 0 Å². The first-order valence-electron chi connectivity index (χ1n) is 5.92. The van der Waals surface area contributed by atoms with Gasteiger partial charge in [-0.25, -0.2) is 0 Å². The summed E-state index contributed by atoms with van der Waals surface area (Å²) in [4.78, 5) is 0. The molecule has 1 aliphatic rings. The molecular formula is C13H18BrNS. The Morgan fingerprint density at radius 1 is 1.31 bits per heavy atom. The highest BCUT2D eigenvalue weighted by atomic mass is 79.9. The molecule has 0 spiro atoms. The third-order valence-electron chi connectivity index (χ3n) is 2.92. The summed E-state index contributed by atoms with van der Waals surface area (Å²) in [6.45, 7) is 2.12. The number of halogens is 1. The van der Waals surface area contributed by atoms with Crippen LogP contribution in [0.4, 0.5) is 0 Å². The van der Waals surface area contributed by atoms with Crippen LogP contribution in [0, 0.1) is 0 Å². The molecule has 3 heteroatoms. The molecule has 0 amide bonds. The Labute approximate surface area is 111 Å². The quantitative estimate of drug-likeness (QED) is 0.907. The van der Waals surface area contributed by atoms with Crippen molar-refractivity contribution < 1.29 is 0 Å². The van der Waals surface area contributed by atoms with Gasteiger partial charge in [-0.05, 0) is 30.2 Å².